The Balaban J connectivity index is 1.25. The maximum Gasteiger partial charge on any atom is 0.326 e. The lowest BCUT2D eigenvalue weighted by molar-refractivity contribution is -0.137. The van der Waals surface area contributed by atoms with Crippen LogP contribution in [-0.4, -0.2) is 48.4 Å². The molecular weight excluding hydrogens is 540 g/mol. The van der Waals surface area contributed by atoms with E-state index in [0.717, 1.165) is 11.1 Å². The molecule has 4 aromatic carbocycles. The molecule has 1 atom stereocenters. The van der Waals surface area contributed by atoms with Crippen LogP contribution in [0.2, 0.25) is 5.02 Å². The first-order valence-corrected chi connectivity index (χ1v) is 13.6. The van der Waals surface area contributed by atoms with Gasteiger partial charge in [0.05, 0.1) is 6.54 Å². The first kappa shape index (κ1) is 29.5. The fourth-order valence-electron chi connectivity index (χ4n) is 4.26. The van der Waals surface area contributed by atoms with Gasteiger partial charge in [0.2, 0.25) is 0 Å². The molecule has 4 aromatic rings. The zero-order chi connectivity index (χ0) is 29.0. The Morgan fingerprint density at radius 3 is 2.17 bits per heavy atom. The highest BCUT2D eigenvalue weighted by molar-refractivity contribution is 6.30. The van der Waals surface area contributed by atoms with Crippen LogP contribution in [0.1, 0.15) is 27.0 Å². The van der Waals surface area contributed by atoms with Gasteiger partial charge in [0, 0.05) is 41.2 Å². The number of benzene rings is 4. The van der Waals surface area contributed by atoms with Crippen LogP contribution < -0.4 is 15.4 Å². The number of halogens is 1. The van der Waals surface area contributed by atoms with Crippen LogP contribution in [0.5, 0.6) is 5.75 Å². The molecule has 0 saturated heterocycles. The Labute approximate surface area is 244 Å². The summed E-state index contributed by atoms with van der Waals surface area (Å²) in [6, 6.07) is 29.3. The van der Waals surface area contributed by atoms with E-state index in [9.17, 15) is 19.5 Å². The van der Waals surface area contributed by atoms with E-state index >= 15 is 0 Å². The summed E-state index contributed by atoms with van der Waals surface area (Å²) >= 11 is 5.87. The van der Waals surface area contributed by atoms with Crippen molar-refractivity contribution in [3.63, 3.8) is 0 Å². The predicted molar refractivity (Wildman–Crippen MR) is 160 cm³/mol. The van der Waals surface area contributed by atoms with Gasteiger partial charge in [0.25, 0.3) is 0 Å². The molecule has 210 valence electrons. The maximum absolute atomic E-state index is 13.0. The zero-order valence-electron chi connectivity index (χ0n) is 22.4. The van der Waals surface area contributed by atoms with Gasteiger partial charge in [-0.2, -0.15) is 0 Å². The number of aliphatic carboxylic acids is 1. The lowest BCUT2D eigenvalue weighted by Crippen LogP contribution is -2.32. The molecule has 0 saturated carbocycles. The summed E-state index contributed by atoms with van der Waals surface area (Å²) in [5, 5.41) is 16.7. The first-order valence-electron chi connectivity index (χ1n) is 13.3. The third kappa shape index (κ3) is 9.03. The SMILES string of the molecule is O=C(CNCCOc1ccc(CC(Nc2ccccc2C(=O)c2ccccc2)C(=O)O)cc1)Cc1ccc(Cl)cc1. The Hall–Kier alpha value is -4.46. The summed E-state index contributed by atoms with van der Waals surface area (Å²) in [6.45, 7) is 1.12. The highest BCUT2D eigenvalue weighted by Gasteiger charge is 2.21. The second-order valence-electron chi connectivity index (χ2n) is 9.49. The summed E-state index contributed by atoms with van der Waals surface area (Å²) in [6.07, 6.45) is 0.550. The number of ketones is 2. The minimum atomic E-state index is -1.02. The van der Waals surface area contributed by atoms with Crippen molar-refractivity contribution in [3.05, 3.63) is 130 Å². The number of nitrogens with one attached hydrogen (secondary N) is 2. The van der Waals surface area contributed by atoms with Gasteiger partial charge in [0.1, 0.15) is 18.4 Å². The first-order chi connectivity index (χ1) is 19.9. The van der Waals surface area contributed by atoms with Crippen molar-refractivity contribution < 1.29 is 24.2 Å². The number of anilines is 1. The standard InChI is InChI=1S/C33H31ClN2O5/c34-26-14-10-23(11-15-26)20-27(37)22-35-18-19-41-28-16-12-24(13-17-28)21-31(33(39)40)36-30-9-5-4-8-29(30)32(38)25-6-2-1-3-7-25/h1-17,31,35-36H,18-22H2,(H,39,40). The van der Waals surface area contributed by atoms with E-state index in [-0.39, 0.29) is 24.5 Å². The minimum absolute atomic E-state index is 0.0744. The number of hydrogen-bond acceptors (Lipinski definition) is 6. The molecule has 0 spiro atoms. The number of carbonyl (C=O) groups excluding carboxylic acids is 2. The number of carboxylic acid groups (broad SMARTS) is 1. The van der Waals surface area contributed by atoms with Crippen LogP contribution in [0.4, 0.5) is 5.69 Å². The van der Waals surface area contributed by atoms with E-state index in [0.29, 0.717) is 47.2 Å². The average Bonchev–Trinajstić information content (AvgIpc) is 2.99. The predicted octanol–water partition coefficient (Wildman–Crippen LogP) is 5.46. The molecule has 0 aromatic heterocycles. The molecule has 7 nitrogen and oxygen atoms in total. The van der Waals surface area contributed by atoms with Crippen molar-refractivity contribution >= 4 is 34.8 Å². The summed E-state index contributed by atoms with van der Waals surface area (Å²) in [5.41, 5.74) is 3.13. The van der Waals surface area contributed by atoms with E-state index in [4.69, 9.17) is 16.3 Å². The monoisotopic (exact) mass is 570 g/mol. The van der Waals surface area contributed by atoms with Crippen molar-refractivity contribution in [1.82, 2.24) is 5.32 Å². The fourth-order valence-corrected chi connectivity index (χ4v) is 4.38. The Bertz CT molecular complexity index is 1460. The molecule has 0 aliphatic rings. The van der Waals surface area contributed by atoms with Gasteiger partial charge >= 0.3 is 5.97 Å². The van der Waals surface area contributed by atoms with E-state index < -0.39 is 12.0 Å². The van der Waals surface area contributed by atoms with Crippen molar-refractivity contribution in [1.29, 1.82) is 0 Å². The van der Waals surface area contributed by atoms with E-state index in [1.165, 1.54) is 0 Å². The zero-order valence-corrected chi connectivity index (χ0v) is 23.1. The number of carboxylic acids is 1. The van der Waals surface area contributed by atoms with Crippen LogP contribution in [-0.2, 0) is 22.4 Å². The van der Waals surface area contributed by atoms with Crippen LogP contribution >= 0.6 is 11.6 Å². The second-order valence-corrected chi connectivity index (χ2v) is 9.93. The van der Waals surface area contributed by atoms with Gasteiger partial charge in [-0.05, 0) is 47.5 Å². The number of ether oxygens (including phenoxy) is 1. The van der Waals surface area contributed by atoms with Crippen LogP contribution in [0, 0.1) is 0 Å². The average molecular weight is 571 g/mol. The number of para-hydroxylation sites is 1. The van der Waals surface area contributed by atoms with Crippen LogP contribution in [0.3, 0.4) is 0 Å². The lowest BCUT2D eigenvalue weighted by Gasteiger charge is -2.18. The highest BCUT2D eigenvalue weighted by atomic mass is 35.5. The molecule has 0 bridgehead atoms. The van der Waals surface area contributed by atoms with Gasteiger partial charge in [-0.25, -0.2) is 4.79 Å². The molecule has 8 heteroatoms. The maximum atomic E-state index is 13.0. The van der Waals surface area contributed by atoms with Crippen molar-refractivity contribution in [2.24, 2.45) is 0 Å². The van der Waals surface area contributed by atoms with E-state index in [2.05, 4.69) is 10.6 Å². The molecule has 0 radical (unpaired) electrons. The number of hydrogen-bond donors (Lipinski definition) is 3. The van der Waals surface area contributed by atoms with Gasteiger partial charge in [0.15, 0.2) is 11.6 Å². The normalized spacial score (nSPS) is 11.4. The van der Waals surface area contributed by atoms with Gasteiger partial charge < -0.3 is 20.5 Å². The van der Waals surface area contributed by atoms with Gasteiger partial charge in [-0.3, -0.25) is 9.59 Å². The Morgan fingerprint density at radius 2 is 1.46 bits per heavy atom. The molecule has 1 unspecified atom stereocenters. The molecule has 0 amide bonds. The lowest BCUT2D eigenvalue weighted by atomic mass is 10.00. The van der Waals surface area contributed by atoms with E-state index in [1.54, 1.807) is 72.8 Å². The second kappa shape index (κ2) is 14.8. The number of Topliss-reactive ketones (excluding diaryl/α,β-unsaturated/α-hetero) is 1. The summed E-state index contributed by atoms with van der Waals surface area (Å²) in [4.78, 5) is 37.3. The molecule has 0 aliphatic carbocycles. The van der Waals surface area contributed by atoms with Gasteiger partial charge in [-0.1, -0.05) is 78.3 Å². The summed E-state index contributed by atoms with van der Waals surface area (Å²) in [7, 11) is 0. The molecule has 3 N–H and O–H groups in total. The summed E-state index contributed by atoms with van der Waals surface area (Å²) in [5.74, 6) is -0.490. The smallest absolute Gasteiger partial charge is 0.326 e. The molecule has 0 aliphatic heterocycles. The van der Waals surface area contributed by atoms with Gasteiger partial charge in [-0.15, -0.1) is 0 Å². The van der Waals surface area contributed by atoms with Crippen LogP contribution in [0.15, 0.2) is 103 Å². The number of carbonyl (C=O) groups is 3. The Morgan fingerprint density at radius 1 is 0.805 bits per heavy atom. The van der Waals surface area contributed by atoms with Crippen molar-refractivity contribution in [2.75, 3.05) is 25.0 Å². The fraction of sp³-hybridized carbons (Fsp3) is 0.182. The van der Waals surface area contributed by atoms with Crippen LogP contribution in [0.25, 0.3) is 0 Å². The highest BCUT2D eigenvalue weighted by Crippen LogP contribution is 2.22. The number of rotatable bonds is 15. The quantitative estimate of drug-likeness (QED) is 0.129. The molecule has 41 heavy (non-hydrogen) atoms. The third-order valence-corrected chi connectivity index (χ3v) is 6.63. The van der Waals surface area contributed by atoms with Crippen molar-refractivity contribution in [3.8, 4) is 5.75 Å². The van der Waals surface area contributed by atoms with E-state index in [1.807, 2.05) is 30.3 Å². The van der Waals surface area contributed by atoms with Crippen molar-refractivity contribution in [2.45, 2.75) is 18.9 Å². The molecule has 4 rings (SSSR count). The minimum Gasteiger partial charge on any atom is -0.492 e. The molecule has 0 fully saturated rings. The largest absolute Gasteiger partial charge is 0.492 e. The summed E-state index contributed by atoms with van der Waals surface area (Å²) < 4.78 is 5.75. The molecule has 0 heterocycles. The third-order valence-electron chi connectivity index (χ3n) is 6.38. The topological polar surface area (TPSA) is 105 Å². The molecular formula is C33H31ClN2O5. The Kier molecular flexibility index (Phi) is 10.7.